The summed E-state index contributed by atoms with van der Waals surface area (Å²) in [6.07, 6.45) is 2.63. The number of nitrogens with two attached hydrogens (primary N) is 1. The molecule has 0 aliphatic carbocycles. The summed E-state index contributed by atoms with van der Waals surface area (Å²) in [6.45, 7) is 5.16. The van der Waals surface area contributed by atoms with E-state index in [0.29, 0.717) is 53.3 Å². The number of amides is 1. The first-order valence-electron chi connectivity index (χ1n) is 12.5. The number of nitrogen functional groups attached to an aromatic ring is 1. The van der Waals surface area contributed by atoms with Crippen molar-refractivity contribution in [2.45, 2.75) is 6.54 Å². The van der Waals surface area contributed by atoms with Crippen molar-refractivity contribution in [2.24, 2.45) is 11.4 Å². The number of fused-ring (bicyclic) bond motifs is 1. The van der Waals surface area contributed by atoms with Crippen LogP contribution in [0.5, 0.6) is 0 Å². The minimum atomic E-state index is -2.51. The molecule has 2 aromatic carbocycles. The highest BCUT2D eigenvalue weighted by molar-refractivity contribution is 7.93. The molecule has 39 heavy (non-hydrogen) atoms. The van der Waals surface area contributed by atoms with E-state index >= 15 is 4.39 Å². The fourth-order valence-electron chi connectivity index (χ4n) is 4.75. The van der Waals surface area contributed by atoms with Crippen molar-refractivity contribution < 1.29 is 13.4 Å². The number of carbonyl (C=O) groups excluding carboxylic acids is 1. The van der Waals surface area contributed by atoms with Crippen LogP contribution in [0.4, 0.5) is 15.9 Å². The third-order valence-electron chi connectivity index (χ3n) is 6.96. The summed E-state index contributed by atoms with van der Waals surface area (Å²) >= 11 is 0. The molecule has 202 valence electrons. The second-order valence-corrected chi connectivity index (χ2v) is 12.1. The molecule has 0 bridgehead atoms. The highest BCUT2D eigenvalue weighted by atomic mass is 32.2. The lowest BCUT2D eigenvalue weighted by molar-refractivity contribution is -0.116. The quantitative estimate of drug-likeness (QED) is 0.354. The lowest BCUT2D eigenvalue weighted by atomic mass is 9.98. The van der Waals surface area contributed by atoms with Crippen molar-refractivity contribution in [3.8, 4) is 22.4 Å². The van der Waals surface area contributed by atoms with Gasteiger partial charge in [0.15, 0.2) is 0 Å². The summed E-state index contributed by atoms with van der Waals surface area (Å²) in [5, 5.41) is 3.37. The number of hydrogen-bond acceptors (Lipinski definition) is 7. The first-order chi connectivity index (χ1) is 18.7. The predicted molar refractivity (Wildman–Crippen MR) is 153 cm³/mol. The molecule has 3 N–H and O–H groups in total. The van der Waals surface area contributed by atoms with E-state index in [1.807, 2.05) is 42.9 Å². The molecule has 1 aliphatic rings. The molecule has 0 atom stereocenters. The molecule has 4 aromatic rings. The van der Waals surface area contributed by atoms with Crippen molar-refractivity contribution in [3.63, 3.8) is 0 Å². The van der Waals surface area contributed by atoms with Crippen LogP contribution in [0.15, 0.2) is 65.8 Å². The van der Waals surface area contributed by atoms with E-state index in [2.05, 4.69) is 31.1 Å². The predicted octanol–water partition coefficient (Wildman–Crippen LogP) is 3.87. The first-order valence-corrected chi connectivity index (χ1v) is 14.3. The maximum absolute atomic E-state index is 15.5. The highest BCUT2D eigenvalue weighted by Crippen LogP contribution is 2.42. The molecule has 0 unspecified atom stereocenters. The summed E-state index contributed by atoms with van der Waals surface area (Å²) in [7, 11) is 1.33. The third kappa shape index (κ3) is 5.27. The average Bonchev–Trinajstić information content (AvgIpc) is 3.24. The minimum absolute atomic E-state index is 0.0882. The van der Waals surface area contributed by atoms with Gasteiger partial charge in [0.1, 0.15) is 29.3 Å². The second-order valence-electron chi connectivity index (χ2n) is 9.60. The molecular formula is C28H30FN7O2S. The summed E-state index contributed by atoms with van der Waals surface area (Å²) in [5.74, 6) is 0.310. The van der Waals surface area contributed by atoms with Crippen molar-refractivity contribution >= 4 is 38.2 Å². The molecule has 1 amide bonds. The molecule has 0 spiro atoms. The number of anilines is 1. The molecule has 1 fully saturated rings. The van der Waals surface area contributed by atoms with Crippen LogP contribution in [0.1, 0.15) is 5.56 Å². The number of aromatic nitrogens is 3. The van der Waals surface area contributed by atoms with Crippen LogP contribution in [-0.2, 0) is 28.1 Å². The molecule has 1 aliphatic heterocycles. The van der Waals surface area contributed by atoms with Gasteiger partial charge in [-0.3, -0.25) is 4.79 Å². The summed E-state index contributed by atoms with van der Waals surface area (Å²) in [4.78, 5) is 22.3. The lowest BCUT2D eigenvalue weighted by Crippen LogP contribution is -2.37. The van der Waals surface area contributed by atoms with Gasteiger partial charge in [0.2, 0.25) is 5.91 Å². The number of nitrogens with one attached hydrogen (secondary N) is 1. The van der Waals surface area contributed by atoms with E-state index in [1.165, 1.54) is 18.5 Å². The van der Waals surface area contributed by atoms with Crippen LogP contribution < -0.4 is 11.1 Å². The number of halogens is 1. The Morgan fingerprint density at radius 3 is 2.51 bits per heavy atom. The molecule has 1 saturated heterocycles. The zero-order valence-corrected chi connectivity index (χ0v) is 22.7. The van der Waals surface area contributed by atoms with Crippen LogP contribution in [0, 0.1) is 5.82 Å². The second kappa shape index (κ2) is 10.6. The molecule has 5 rings (SSSR count). The number of rotatable bonds is 6. The van der Waals surface area contributed by atoms with Gasteiger partial charge in [-0.15, -0.1) is 0 Å². The van der Waals surface area contributed by atoms with Gasteiger partial charge < -0.3 is 20.5 Å². The largest absolute Gasteiger partial charge is 0.383 e. The van der Waals surface area contributed by atoms with Gasteiger partial charge in [0.25, 0.3) is 0 Å². The SMILES string of the molecule is C=CC(=O)NCc1ccc(-c2c(-c3ccc(N=S4(=O)CCN(C)CC4)c(F)c3)c3c(N)ncnc3n2C)cc1. The van der Waals surface area contributed by atoms with Crippen LogP contribution in [0.3, 0.4) is 0 Å². The summed E-state index contributed by atoms with van der Waals surface area (Å²) in [5.41, 5.74) is 10.8. The van der Waals surface area contributed by atoms with Crippen LogP contribution >= 0.6 is 0 Å². The average molecular weight is 548 g/mol. The van der Waals surface area contributed by atoms with Crippen LogP contribution in [-0.4, -0.2) is 61.2 Å². The van der Waals surface area contributed by atoms with Crippen LogP contribution in [0.2, 0.25) is 0 Å². The van der Waals surface area contributed by atoms with Gasteiger partial charge in [-0.05, 0) is 41.9 Å². The molecular weight excluding hydrogens is 517 g/mol. The van der Waals surface area contributed by atoms with Crippen molar-refractivity contribution in [1.29, 1.82) is 0 Å². The fourth-order valence-corrected chi connectivity index (χ4v) is 6.84. The van der Waals surface area contributed by atoms with E-state index in [4.69, 9.17) is 5.73 Å². The highest BCUT2D eigenvalue weighted by Gasteiger charge is 2.23. The van der Waals surface area contributed by atoms with E-state index in [1.54, 1.807) is 12.1 Å². The smallest absolute Gasteiger partial charge is 0.243 e. The van der Waals surface area contributed by atoms with Crippen LogP contribution in [0.25, 0.3) is 33.4 Å². The molecule has 0 radical (unpaired) electrons. The van der Waals surface area contributed by atoms with Crippen molar-refractivity contribution in [1.82, 2.24) is 24.8 Å². The Kier molecular flexibility index (Phi) is 7.19. The minimum Gasteiger partial charge on any atom is -0.383 e. The Balaban J connectivity index is 1.60. The zero-order chi connectivity index (χ0) is 27.7. The van der Waals surface area contributed by atoms with Gasteiger partial charge in [-0.2, -0.15) is 4.36 Å². The number of benzene rings is 2. The van der Waals surface area contributed by atoms with E-state index in [9.17, 15) is 9.00 Å². The van der Waals surface area contributed by atoms with Gasteiger partial charge in [0.05, 0.1) is 20.8 Å². The number of hydrogen-bond donors (Lipinski definition) is 2. The van der Waals surface area contributed by atoms with Gasteiger partial charge in [0, 0.05) is 43.8 Å². The van der Waals surface area contributed by atoms with E-state index in [0.717, 1.165) is 16.8 Å². The normalized spacial score (nSPS) is 15.3. The monoisotopic (exact) mass is 547 g/mol. The number of nitrogens with zero attached hydrogens (tertiary/aromatic N) is 5. The first kappa shape index (κ1) is 26.5. The molecule has 2 aromatic heterocycles. The standard InChI is InChI=1S/C28H30FN7O2S/c1-4-23(37)31-16-18-5-7-19(8-6-18)26-24(25-27(30)32-17-33-28(25)36(26)3)20-9-10-22(21(29)15-20)34-39(38)13-11-35(2)12-14-39/h4-10,15,17H,1,11-14,16H2,2-3H3,(H,31,37)(H2,30,32,33). The molecule has 11 heteroatoms. The Labute approximate surface area is 226 Å². The summed E-state index contributed by atoms with van der Waals surface area (Å²) < 4.78 is 34.9. The lowest BCUT2D eigenvalue weighted by Gasteiger charge is -2.24. The molecule has 0 saturated carbocycles. The van der Waals surface area contributed by atoms with E-state index in [-0.39, 0.29) is 17.4 Å². The molecule has 9 nitrogen and oxygen atoms in total. The van der Waals surface area contributed by atoms with Crippen molar-refractivity contribution in [3.05, 3.63) is 72.8 Å². The molecule has 3 heterocycles. The van der Waals surface area contributed by atoms with Gasteiger partial charge in [-0.1, -0.05) is 36.9 Å². The Hall–Kier alpha value is -4.09. The maximum Gasteiger partial charge on any atom is 0.243 e. The maximum atomic E-state index is 15.5. The Morgan fingerprint density at radius 2 is 1.85 bits per heavy atom. The Bertz CT molecular complexity index is 1690. The van der Waals surface area contributed by atoms with Gasteiger partial charge >= 0.3 is 0 Å². The third-order valence-corrected chi connectivity index (χ3v) is 9.13. The fraction of sp³-hybridized carbons (Fsp3) is 0.250. The number of aryl methyl sites for hydroxylation is 1. The number of carbonyl (C=O) groups is 1. The van der Waals surface area contributed by atoms with E-state index < -0.39 is 15.5 Å². The summed E-state index contributed by atoms with van der Waals surface area (Å²) in [6, 6.07) is 12.4. The zero-order valence-electron chi connectivity index (χ0n) is 21.9. The van der Waals surface area contributed by atoms with Gasteiger partial charge in [-0.25, -0.2) is 18.6 Å². The Morgan fingerprint density at radius 1 is 1.15 bits per heavy atom. The van der Waals surface area contributed by atoms with Crippen molar-refractivity contribution in [2.75, 3.05) is 37.4 Å². The topological polar surface area (TPSA) is 118 Å².